The molecule has 0 aliphatic rings. The fourth-order valence-electron chi connectivity index (χ4n) is 0. The van der Waals surface area contributed by atoms with Gasteiger partial charge in [-0.3, -0.25) is 5.84 Å². The SMILES string of the molecule is N[NH3+].[Cl-].[Cl-].[NH4+]. The lowest BCUT2D eigenvalue weighted by atomic mass is 13.0. The third-order valence-corrected chi connectivity index (χ3v) is 0. The molecule has 0 aromatic heterocycles. The van der Waals surface area contributed by atoms with Crippen molar-refractivity contribution >= 4 is 0 Å². The van der Waals surface area contributed by atoms with E-state index in [2.05, 4.69) is 11.7 Å². The summed E-state index contributed by atoms with van der Waals surface area (Å²) in [4.78, 5) is 0. The van der Waals surface area contributed by atoms with Crippen LogP contribution in [-0.2, 0) is 0 Å². The van der Waals surface area contributed by atoms with Crippen molar-refractivity contribution in [3.8, 4) is 0 Å². The first kappa shape index (κ1) is 51.0. The number of quaternary nitrogens is 2. The second-order valence-corrected chi connectivity index (χ2v) is 0. The van der Waals surface area contributed by atoms with Crippen LogP contribution in [0.4, 0.5) is 0 Å². The van der Waals surface area contributed by atoms with Gasteiger partial charge in [-0.2, -0.15) is 5.84 Å². The van der Waals surface area contributed by atoms with Gasteiger partial charge in [0.2, 0.25) is 0 Å². The van der Waals surface area contributed by atoms with Gasteiger partial charge in [0.1, 0.15) is 0 Å². The molecule has 5 heteroatoms. The number of rotatable bonds is 0. The van der Waals surface area contributed by atoms with Gasteiger partial charge >= 0.3 is 0 Å². The van der Waals surface area contributed by atoms with Gasteiger partial charge in [0.15, 0.2) is 0 Å². The van der Waals surface area contributed by atoms with E-state index < -0.39 is 0 Å². The van der Waals surface area contributed by atoms with Gasteiger partial charge in [-0.05, 0) is 0 Å². The summed E-state index contributed by atoms with van der Waals surface area (Å²) in [6.07, 6.45) is 0. The molecule has 0 unspecified atom stereocenters. The zero-order valence-corrected chi connectivity index (χ0v) is 4.55. The molecule has 0 aromatic rings. The molecule has 0 spiro atoms. The van der Waals surface area contributed by atoms with Crippen molar-refractivity contribution < 1.29 is 30.7 Å². The third kappa shape index (κ3) is 128. The van der Waals surface area contributed by atoms with Crippen LogP contribution >= 0.6 is 0 Å². The Labute approximate surface area is 43.5 Å². The number of halogens is 2. The molecule has 0 bridgehead atoms. The first-order valence-electron chi connectivity index (χ1n) is 0.408. The van der Waals surface area contributed by atoms with Crippen molar-refractivity contribution in [1.29, 1.82) is 0 Å². The van der Waals surface area contributed by atoms with Gasteiger partial charge in [0.25, 0.3) is 0 Å². The Kier molecular flexibility index (Phi) is 2570. The van der Waals surface area contributed by atoms with Gasteiger partial charge in [-0.25, -0.2) is 0 Å². The van der Waals surface area contributed by atoms with Crippen molar-refractivity contribution in [1.82, 2.24) is 6.15 Å². The van der Waals surface area contributed by atoms with Crippen molar-refractivity contribution in [2.75, 3.05) is 0 Å². The lowest BCUT2D eigenvalue weighted by Crippen LogP contribution is -3.00. The molecular formula is H9Cl2N3. The molecule has 0 aliphatic carbocycles. The van der Waals surface area contributed by atoms with Crippen LogP contribution in [0.1, 0.15) is 0 Å². The predicted molar refractivity (Wildman–Crippen MR) is 13.1 cm³/mol. The summed E-state index contributed by atoms with van der Waals surface area (Å²) < 4.78 is 0. The second kappa shape index (κ2) is 252. The van der Waals surface area contributed by atoms with E-state index in [0.717, 1.165) is 0 Å². The molecule has 9 N–H and O–H groups in total. The Balaban J connectivity index is -0.00000000167. The van der Waals surface area contributed by atoms with Crippen LogP contribution in [0.5, 0.6) is 0 Å². The topological polar surface area (TPSA) is 90.2 Å². The quantitative estimate of drug-likeness (QED) is 0.216. The van der Waals surface area contributed by atoms with E-state index in [0.29, 0.717) is 0 Å². The minimum Gasteiger partial charge on any atom is -1.00 e. The lowest BCUT2D eigenvalue weighted by molar-refractivity contribution is -0.379. The minimum atomic E-state index is 0. The molecular weight excluding hydrogens is 113 g/mol. The van der Waals surface area contributed by atoms with Crippen molar-refractivity contribution in [2.45, 2.75) is 0 Å². The van der Waals surface area contributed by atoms with Crippen LogP contribution in [0.2, 0.25) is 0 Å². The molecule has 0 fully saturated rings. The summed E-state index contributed by atoms with van der Waals surface area (Å²) >= 11 is 0. The smallest absolute Gasteiger partial charge is 0.185 e. The van der Waals surface area contributed by atoms with Crippen LogP contribution in [0.3, 0.4) is 0 Å². The summed E-state index contributed by atoms with van der Waals surface area (Å²) in [5.41, 5.74) is 0. The van der Waals surface area contributed by atoms with Crippen LogP contribution < -0.4 is 42.6 Å². The standard InChI is InChI=1S/2ClH.H4N2.H3N/c;;1-2;/h2*1H;1-2H2;1H3. The fourth-order valence-corrected chi connectivity index (χ4v) is 0. The molecule has 0 atom stereocenters. The molecule has 3 nitrogen and oxygen atoms in total. The third-order valence-electron chi connectivity index (χ3n) is 0. The van der Waals surface area contributed by atoms with Gasteiger partial charge < -0.3 is 31.0 Å². The summed E-state index contributed by atoms with van der Waals surface area (Å²) in [5, 5.41) is 0. The highest BCUT2D eigenvalue weighted by molar-refractivity contribution is 2.64. The largest absolute Gasteiger partial charge is 1.00 e. The van der Waals surface area contributed by atoms with Gasteiger partial charge in [0, 0.05) is 0 Å². The predicted octanol–water partition coefficient (Wildman–Crippen LogP) is -7.51. The number of hydrogen-bond donors (Lipinski definition) is 3. The van der Waals surface area contributed by atoms with Crippen LogP contribution in [0, 0.1) is 0 Å². The van der Waals surface area contributed by atoms with E-state index in [1.54, 1.807) is 0 Å². The molecule has 5 heavy (non-hydrogen) atoms. The Bertz CT molecular complexity index is 4.85. The maximum Gasteiger partial charge on any atom is -0.185 e. The van der Waals surface area contributed by atoms with E-state index in [1.807, 2.05) is 0 Å². The molecule has 0 aliphatic heterocycles. The first-order valence-corrected chi connectivity index (χ1v) is 0.408. The molecule has 0 radical (unpaired) electrons. The Hall–Kier alpha value is 0.460. The minimum absolute atomic E-state index is 0. The van der Waals surface area contributed by atoms with Gasteiger partial charge in [-0.1, -0.05) is 0 Å². The van der Waals surface area contributed by atoms with Crippen molar-refractivity contribution in [3.63, 3.8) is 0 Å². The zero-order valence-electron chi connectivity index (χ0n) is 3.04. The normalized spacial score (nSPS) is 1.20. The van der Waals surface area contributed by atoms with Gasteiger partial charge in [0.05, 0.1) is 0 Å². The maximum absolute atomic E-state index is 4.25. The highest BCUT2D eigenvalue weighted by Crippen LogP contribution is -0.381. The Morgan fingerprint density at radius 2 is 1.00 bits per heavy atom. The number of nitrogens with two attached hydrogens (primary N) is 1. The van der Waals surface area contributed by atoms with E-state index in [9.17, 15) is 0 Å². The summed E-state index contributed by atoms with van der Waals surface area (Å²) in [5.74, 6) is 7.00. The summed E-state index contributed by atoms with van der Waals surface area (Å²) in [6, 6.07) is 0. The van der Waals surface area contributed by atoms with Crippen molar-refractivity contribution in [2.24, 2.45) is 5.84 Å². The molecule has 0 amide bonds. The van der Waals surface area contributed by atoms with E-state index in [4.69, 9.17) is 0 Å². The monoisotopic (exact) mass is 121 g/mol. The highest BCUT2D eigenvalue weighted by Gasteiger charge is 0.767. The molecule has 0 aromatic carbocycles. The number of hydrogen-bond acceptors (Lipinski definition) is 1. The molecule has 0 saturated carbocycles. The average Bonchev–Trinajstić information content (AvgIpc) is 1.00. The second-order valence-electron chi connectivity index (χ2n) is 0. The highest BCUT2D eigenvalue weighted by atomic mass is 35.5. The van der Waals surface area contributed by atoms with E-state index >= 15 is 0 Å². The molecule has 0 saturated heterocycles. The van der Waals surface area contributed by atoms with Crippen LogP contribution in [0.25, 0.3) is 0 Å². The summed E-state index contributed by atoms with van der Waals surface area (Å²) in [7, 11) is 0. The van der Waals surface area contributed by atoms with E-state index in [-0.39, 0.29) is 31.0 Å². The van der Waals surface area contributed by atoms with Gasteiger partial charge in [-0.15, -0.1) is 0 Å². The zero-order chi connectivity index (χ0) is 2.00. The van der Waals surface area contributed by atoms with Crippen molar-refractivity contribution in [3.05, 3.63) is 0 Å². The van der Waals surface area contributed by atoms with E-state index in [1.165, 1.54) is 0 Å². The Morgan fingerprint density at radius 3 is 1.00 bits per heavy atom. The first-order chi connectivity index (χ1) is 1.00. The molecule has 0 rings (SSSR count). The van der Waals surface area contributed by atoms with Crippen LogP contribution in [-0.4, -0.2) is 0 Å². The molecule has 0 heterocycles. The average molecular weight is 122 g/mol. The van der Waals surface area contributed by atoms with Crippen LogP contribution in [0.15, 0.2) is 0 Å². The lowest BCUT2D eigenvalue weighted by Gasteiger charge is -1.24. The fraction of sp³-hybridized carbons (Fsp3) is 0. The maximum atomic E-state index is 4.25. The molecule has 38 valence electrons. The summed E-state index contributed by atoms with van der Waals surface area (Å²) in [6.45, 7) is 0. The Morgan fingerprint density at radius 1 is 1.00 bits per heavy atom.